The Hall–Kier alpha value is -4.57. The number of anilines is 3. The molecule has 4 N–H and O–H groups in total. The maximum absolute atomic E-state index is 13.1. The smallest absolute Gasteiger partial charge is 0.412 e. The minimum atomic E-state index is -0.654. The highest BCUT2D eigenvalue weighted by molar-refractivity contribution is 6.06. The van der Waals surface area contributed by atoms with E-state index in [4.69, 9.17) is 9.47 Å². The van der Waals surface area contributed by atoms with E-state index >= 15 is 0 Å². The summed E-state index contributed by atoms with van der Waals surface area (Å²) < 4.78 is 10.9. The average Bonchev–Trinajstić information content (AvgIpc) is 2.93. The van der Waals surface area contributed by atoms with Gasteiger partial charge in [0.2, 0.25) is 0 Å². The van der Waals surface area contributed by atoms with Crippen molar-refractivity contribution in [3.8, 4) is 5.75 Å². The van der Waals surface area contributed by atoms with E-state index in [1.54, 1.807) is 69.3 Å². The second-order valence-corrected chi connectivity index (χ2v) is 11.3. The summed E-state index contributed by atoms with van der Waals surface area (Å²) in [6.45, 7) is 8.64. The third-order valence-corrected chi connectivity index (χ3v) is 6.19. The molecule has 0 radical (unpaired) electrons. The molecule has 0 aliphatic heterocycles. The van der Waals surface area contributed by atoms with Crippen LogP contribution in [0.1, 0.15) is 62.5 Å². The van der Waals surface area contributed by atoms with Crippen LogP contribution >= 0.6 is 0 Å². The van der Waals surface area contributed by atoms with Crippen LogP contribution in [0.4, 0.5) is 26.7 Å². The van der Waals surface area contributed by atoms with Gasteiger partial charge in [0.1, 0.15) is 11.4 Å². The van der Waals surface area contributed by atoms with Crippen molar-refractivity contribution in [2.24, 2.45) is 0 Å². The molecule has 0 aromatic heterocycles. The van der Waals surface area contributed by atoms with Crippen molar-refractivity contribution in [3.63, 3.8) is 0 Å². The minimum Gasteiger partial charge on any atom is -0.494 e. The Morgan fingerprint density at radius 1 is 0.860 bits per heavy atom. The summed E-state index contributed by atoms with van der Waals surface area (Å²) in [7, 11) is 4.02. The Labute approximate surface area is 254 Å². The molecule has 0 aliphatic carbocycles. The SMILES string of the molecule is CCOc1cccc(NC(=O)NC(CCCN(C)C)c2ccc(C(=O)Nc3ccccc3NC(=O)OC(C)(C)C)cc2)c1. The number of ether oxygens (including phenoxy) is 2. The van der Waals surface area contributed by atoms with Gasteiger partial charge in [-0.2, -0.15) is 0 Å². The predicted molar refractivity (Wildman–Crippen MR) is 171 cm³/mol. The van der Waals surface area contributed by atoms with Gasteiger partial charge in [-0.25, -0.2) is 9.59 Å². The van der Waals surface area contributed by atoms with Crippen molar-refractivity contribution >= 4 is 35.1 Å². The van der Waals surface area contributed by atoms with Crippen molar-refractivity contribution < 1.29 is 23.9 Å². The van der Waals surface area contributed by atoms with Gasteiger partial charge in [-0.1, -0.05) is 30.3 Å². The molecule has 10 nitrogen and oxygen atoms in total. The lowest BCUT2D eigenvalue weighted by Crippen LogP contribution is -2.33. The highest BCUT2D eigenvalue weighted by atomic mass is 16.6. The molecule has 0 spiro atoms. The van der Waals surface area contributed by atoms with Gasteiger partial charge in [0.25, 0.3) is 5.91 Å². The molecule has 0 saturated heterocycles. The van der Waals surface area contributed by atoms with Crippen LogP contribution in [0.5, 0.6) is 5.75 Å². The van der Waals surface area contributed by atoms with E-state index in [1.165, 1.54) is 0 Å². The Morgan fingerprint density at radius 2 is 1.53 bits per heavy atom. The molecule has 230 valence electrons. The monoisotopic (exact) mass is 589 g/mol. The van der Waals surface area contributed by atoms with E-state index in [2.05, 4.69) is 26.2 Å². The second-order valence-electron chi connectivity index (χ2n) is 11.3. The van der Waals surface area contributed by atoms with Crippen molar-refractivity contribution in [2.75, 3.05) is 43.2 Å². The lowest BCUT2D eigenvalue weighted by molar-refractivity contribution is 0.0635. The van der Waals surface area contributed by atoms with Crippen LogP contribution < -0.4 is 26.0 Å². The number of benzene rings is 3. The van der Waals surface area contributed by atoms with Crippen LogP contribution in [0.15, 0.2) is 72.8 Å². The molecular formula is C33H43N5O5. The number of urea groups is 1. The van der Waals surface area contributed by atoms with Gasteiger partial charge in [-0.15, -0.1) is 0 Å². The fraction of sp³-hybridized carbons (Fsp3) is 0.364. The number of hydrogen-bond acceptors (Lipinski definition) is 6. The van der Waals surface area contributed by atoms with Gasteiger partial charge in [0.15, 0.2) is 0 Å². The number of nitrogens with one attached hydrogen (secondary N) is 4. The topological polar surface area (TPSA) is 121 Å². The highest BCUT2D eigenvalue weighted by Gasteiger charge is 2.19. The van der Waals surface area contributed by atoms with Crippen LogP contribution in [-0.4, -0.2) is 55.8 Å². The van der Waals surface area contributed by atoms with Crippen LogP contribution in [-0.2, 0) is 4.74 Å². The molecule has 10 heteroatoms. The van der Waals surface area contributed by atoms with E-state index in [0.717, 1.165) is 18.5 Å². The van der Waals surface area contributed by atoms with Crippen molar-refractivity contribution in [3.05, 3.63) is 83.9 Å². The number of nitrogens with zero attached hydrogens (tertiary/aromatic N) is 1. The Morgan fingerprint density at radius 3 is 2.16 bits per heavy atom. The maximum atomic E-state index is 13.1. The van der Waals surface area contributed by atoms with Gasteiger partial charge in [-0.3, -0.25) is 10.1 Å². The van der Waals surface area contributed by atoms with Crippen molar-refractivity contribution in [1.82, 2.24) is 10.2 Å². The summed E-state index contributed by atoms with van der Waals surface area (Å²) in [6, 6.07) is 20.7. The molecule has 3 aromatic rings. The molecule has 4 amide bonds. The second kappa shape index (κ2) is 15.6. The average molecular weight is 590 g/mol. The number of carbonyl (C=O) groups excluding carboxylic acids is 3. The van der Waals surface area contributed by atoms with E-state index in [0.29, 0.717) is 41.4 Å². The van der Waals surface area contributed by atoms with Crippen molar-refractivity contribution in [1.29, 1.82) is 0 Å². The summed E-state index contributed by atoms with van der Waals surface area (Å²) in [5.74, 6) is 0.342. The quantitative estimate of drug-likeness (QED) is 0.183. The molecule has 3 rings (SSSR count). The number of carbonyl (C=O) groups is 3. The first-order valence-corrected chi connectivity index (χ1v) is 14.4. The summed E-state index contributed by atoms with van der Waals surface area (Å²) in [6.07, 6.45) is 0.957. The third-order valence-electron chi connectivity index (χ3n) is 6.19. The summed E-state index contributed by atoms with van der Waals surface area (Å²) in [4.78, 5) is 40.4. The highest BCUT2D eigenvalue weighted by Crippen LogP contribution is 2.25. The van der Waals surface area contributed by atoms with Gasteiger partial charge in [0, 0.05) is 17.3 Å². The van der Waals surface area contributed by atoms with Crippen LogP contribution in [0.3, 0.4) is 0 Å². The number of para-hydroxylation sites is 2. The lowest BCUT2D eigenvalue weighted by Gasteiger charge is -2.21. The van der Waals surface area contributed by atoms with Gasteiger partial charge < -0.3 is 30.3 Å². The molecule has 1 unspecified atom stereocenters. The predicted octanol–water partition coefficient (Wildman–Crippen LogP) is 6.89. The largest absolute Gasteiger partial charge is 0.494 e. The lowest BCUT2D eigenvalue weighted by atomic mass is 10.00. The molecular weight excluding hydrogens is 546 g/mol. The summed E-state index contributed by atoms with van der Waals surface area (Å²) in [5.41, 5.74) is 2.14. The van der Waals surface area contributed by atoms with Crippen LogP contribution in [0.2, 0.25) is 0 Å². The number of amides is 4. The first-order chi connectivity index (χ1) is 20.4. The van der Waals surface area contributed by atoms with Crippen LogP contribution in [0.25, 0.3) is 0 Å². The molecule has 43 heavy (non-hydrogen) atoms. The first-order valence-electron chi connectivity index (χ1n) is 14.4. The number of hydrogen-bond donors (Lipinski definition) is 4. The summed E-state index contributed by atoms with van der Waals surface area (Å²) in [5, 5.41) is 11.5. The first kappa shape index (κ1) is 32.9. The third kappa shape index (κ3) is 11.3. The normalized spacial score (nSPS) is 11.8. The Kier molecular flexibility index (Phi) is 11.9. The van der Waals surface area contributed by atoms with E-state index < -0.39 is 11.7 Å². The molecule has 1 atom stereocenters. The van der Waals surface area contributed by atoms with Crippen molar-refractivity contribution in [2.45, 2.75) is 52.2 Å². The van der Waals surface area contributed by atoms with Crippen LogP contribution in [0, 0.1) is 0 Å². The van der Waals surface area contributed by atoms with Gasteiger partial charge in [-0.05, 0) is 103 Å². The zero-order valence-electron chi connectivity index (χ0n) is 25.8. The van der Waals surface area contributed by atoms with Gasteiger partial charge in [0.05, 0.1) is 24.0 Å². The Bertz CT molecular complexity index is 1370. The maximum Gasteiger partial charge on any atom is 0.412 e. The number of rotatable bonds is 12. The summed E-state index contributed by atoms with van der Waals surface area (Å²) >= 11 is 0. The standard InChI is InChI=1S/C33H43N5O5/c1-7-42-26-13-10-12-25(22-26)34-31(40)36-27(16-11-21-38(5)6)23-17-19-24(20-18-23)30(39)35-28-14-8-9-15-29(28)37-32(41)43-33(2,3)4/h8-10,12-15,17-20,22,27H,7,11,16,21H2,1-6H3,(H,35,39)(H,37,41)(H2,34,36,40). The van der Waals surface area contributed by atoms with Gasteiger partial charge >= 0.3 is 12.1 Å². The Balaban J connectivity index is 1.70. The van der Waals surface area contributed by atoms with E-state index in [-0.39, 0.29) is 18.0 Å². The minimum absolute atomic E-state index is 0.272. The molecule has 0 bridgehead atoms. The molecule has 3 aromatic carbocycles. The zero-order chi connectivity index (χ0) is 31.4. The fourth-order valence-corrected chi connectivity index (χ4v) is 4.27. The zero-order valence-corrected chi connectivity index (χ0v) is 25.8. The molecule has 0 heterocycles. The van der Waals surface area contributed by atoms with E-state index in [1.807, 2.05) is 45.3 Å². The van der Waals surface area contributed by atoms with E-state index in [9.17, 15) is 14.4 Å². The fourth-order valence-electron chi connectivity index (χ4n) is 4.27. The molecule has 0 saturated carbocycles. The molecule has 0 aliphatic rings. The molecule has 0 fully saturated rings.